The average molecular weight is 474 g/mol. The Morgan fingerprint density at radius 2 is 1.63 bits per heavy atom. The Morgan fingerprint density at radius 1 is 0.971 bits per heavy atom. The van der Waals surface area contributed by atoms with Crippen molar-refractivity contribution >= 4 is 29.1 Å². The van der Waals surface area contributed by atoms with Crippen molar-refractivity contribution in [2.24, 2.45) is 5.41 Å². The van der Waals surface area contributed by atoms with E-state index in [-0.39, 0.29) is 11.7 Å². The van der Waals surface area contributed by atoms with Crippen LogP contribution in [0.4, 0.5) is 21.9 Å². The van der Waals surface area contributed by atoms with Crippen LogP contribution in [0.2, 0.25) is 0 Å². The summed E-state index contributed by atoms with van der Waals surface area (Å²) < 4.78 is 5.87. The van der Waals surface area contributed by atoms with Gasteiger partial charge in [0.25, 0.3) is 0 Å². The molecular weight excluding hydrogens is 442 g/mol. The lowest BCUT2D eigenvalue weighted by Crippen LogP contribution is -2.29. The van der Waals surface area contributed by atoms with Gasteiger partial charge in [-0.1, -0.05) is 62.4 Å². The molecule has 0 aliphatic heterocycles. The summed E-state index contributed by atoms with van der Waals surface area (Å²) in [6, 6.07) is 22.7. The molecule has 0 unspecified atom stereocenters. The first-order chi connectivity index (χ1) is 16.7. The van der Waals surface area contributed by atoms with Crippen LogP contribution in [0.5, 0.6) is 5.75 Å². The fraction of sp³-hybridized carbons (Fsp3) is 0.214. The molecule has 7 nitrogen and oxygen atoms in total. The predicted octanol–water partition coefficient (Wildman–Crippen LogP) is 6.27. The van der Waals surface area contributed by atoms with E-state index < -0.39 is 17.6 Å². The van der Waals surface area contributed by atoms with E-state index in [2.05, 4.69) is 10.6 Å². The van der Waals surface area contributed by atoms with Crippen LogP contribution < -0.4 is 16.4 Å². The molecule has 0 aliphatic rings. The lowest BCUT2D eigenvalue weighted by atomic mass is 9.78. The third kappa shape index (κ3) is 7.64. The third-order valence-electron chi connectivity index (χ3n) is 5.59. The zero-order valence-electron chi connectivity index (χ0n) is 19.9. The summed E-state index contributed by atoms with van der Waals surface area (Å²) in [6.45, 7) is 4.00. The minimum Gasteiger partial charge on any atom is -0.508 e. The van der Waals surface area contributed by atoms with E-state index >= 15 is 0 Å². The minimum absolute atomic E-state index is 0.132. The number of aromatic hydroxyl groups is 1. The summed E-state index contributed by atoms with van der Waals surface area (Å²) in [4.78, 5) is 24.9. The molecule has 0 radical (unpaired) electrons. The summed E-state index contributed by atoms with van der Waals surface area (Å²) in [5.41, 5.74) is 7.84. The fourth-order valence-electron chi connectivity index (χ4n) is 3.67. The highest BCUT2D eigenvalue weighted by atomic mass is 16.6. The van der Waals surface area contributed by atoms with Gasteiger partial charge in [-0.3, -0.25) is 10.1 Å². The molecular formula is C28H31N3O4. The van der Waals surface area contributed by atoms with Crippen molar-refractivity contribution in [3.8, 4) is 5.75 Å². The van der Waals surface area contributed by atoms with Crippen molar-refractivity contribution in [2.45, 2.75) is 32.8 Å². The molecule has 182 valence electrons. The first kappa shape index (κ1) is 25.4. The first-order valence-corrected chi connectivity index (χ1v) is 11.4. The molecule has 5 N–H and O–H groups in total. The number of carbonyl (C=O) groups excluding carboxylic acids is 2. The molecule has 0 saturated heterocycles. The number of amides is 2. The van der Waals surface area contributed by atoms with Gasteiger partial charge in [0.05, 0.1) is 11.4 Å². The molecule has 2 amide bonds. The van der Waals surface area contributed by atoms with Gasteiger partial charge in [-0.2, -0.15) is 0 Å². The minimum atomic E-state index is -0.585. The number of ether oxygens (including phenoxy) is 1. The van der Waals surface area contributed by atoms with Crippen LogP contribution in [0.15, 0.2) is 91.0 Å². The normalized spacial score (nSPS) is 12.2. The fourth-order valence-corrected chi connectivity index (χ4v) is 3.67. The molecule has 0 spiro atoms. The number of hydrogen-bond acceptors (Lipinski definition) is 5. The van der Waals surface area contributed by atoms with Crippen molar-refractivity contribution in [2.75, 3.05) is 16.4 Å². The van der Waals surface area contributed by atoms with Crippen molar-refractivity contribution in [3.05, 3.63) is 96.6 Å². The Kier molecular flexibility index (Phi) is 8.51. The van der Waals surface area contributed by atoms with E-state index in [0.717, 1.165) is 5.56 Å². The topological polar surface area (TPSA) is 114 Å². The van der Waals surface area contributed by atoms with Crippen LogP contribution >= 0.6 is 0 Å². The Balaban J connectivity index is 1.65. The van der Waals surface area contributed by atoms with Crippen LogP contribution in [0.25, 0.3) is 0 Å². The monoisotopic (exact) mass is 473 g/mol. The van der Waals surface area contributed by atoms with Crippen molar-refractivity contribution in [1.82, 2.24) is 0 Å². The van der Waals surface area contributed by atoms with E-state index in [9.17, 15) is 14.7 Å². The zero-order valence-corrected chi connectivity index (χ0v) is 19.9. The number of nitrogens with one attached hydrogen (secondary N) is 2. The highest BCUT2D eigenvalue weighted by Crippen LogP contribution is 2.41. The number of carbonyl (C=O) groups is 2. The van der Waals surface area contributed by atoms with Gasteiger partial charge in [0.1, 0.15) is 11.9 Å². The molecule has 3 rings (SSSR count). The van der Waals surface area contributed by atoms with Gasteiger partial charge in [0, 0.05) is 11.1 Å². The second-order valence-electron chi connectivity index (χ2n) is 8.87. The molecule has 0 bridgehead atoms. The van der Waals surface area contributed by atoms with Crippen molar-refractivity contribution in [3.63, 3.8) is 0 Å². The smallest absolute Gasteiger partial charge is 0.412 e. The molecule has 0 aromatic heterocycles. The third-order valence-corrected chi connectivity index (χ3v) is 5.59. The molecule has 1 atom stereocenters. The molecule has 35 heavy (non-hydrogen) atoms. The molecule has 7 heteroatoms. The van der Waals surface area contributed by atoms with Crippen LogP contribution in [-0.4, -0.2) is 17.1 Å². The maximum absolute atomic E-state index is 12.7. The molecule has 3 aromatic carbocycles. The van der Waals surface area contributed by atoms with Gasteiger partial charge in [0.15, 0.2) is 0 Å². The highest BCUT2D eigenvalue weighted by Gasteiger charge is 2.34. The summed E-state index contributed by atoms with van der Waals surface area (Å²) in [5.74, 6) is -0.138. The lowest BCUT2D eigenvalue weighted by molar-refractivity contribution is -0.111. The number of rotatable bonds is 9. The Hall–Kier alpha value is -4.26. The molecule has 3 aromatic rings. The second kappa shape index (κ2) is 11.7. The maximum Gasteiger partial charge on any atom is 0.412 e. The average Bonchev–Trinajstić information content (AvgIpc) is 2.83. The van der Waals surface area contributed by atoms with Gasteiger partial charge in [-0.05, 0) is 60.9 Å². The number of nitrogens with two attached hydrogens (primary N) is 1. The number of phenolic OH excluding ortho intramolecular Hbond substituents is 1. The van der Waals surface area contributed by atoms with E-state index in [1.54, 1.807) is 66.7 Å². The Labute approximate surface area is 205 Å². The largest absolute Gasteiger partial charge is 0.508 e. The van der Waals surface area contributed by atoms with Crippen molar-refractivity contribution < 1.29 is 19.4 Å². The van der Waals surface area contributed by atoms with Crippen LogP contribution in [0.3, 0.4) is 0 Å². The SMILES string of the molecule is CC(C)(CC/C=C/C(=O)Nc1ccccc1N)[C@@H](OC(=O)Nc1ccccc1)c1ccc(O)cc1. The molecule has 0 heterocycles. The Morgan fingerprint density at radius 3 is 2.31 bits per heavy atom. The van der Waals surface area contributed by atoms with Gasteiger partial charge >= 0.3 is 6.09 Å². The summed E-state index contributed by atoms with van der Waals surface area (Å²) >= 11 is 0. The van der Waals surface area contributed by atoms with E-state index in [4.69, 9.17) is 10.5 Å². The quantitative estimate of drug-likeness (QED) is 0.216. The van der Waals surface area contributed by atoms with Gasteiger partial charge in [0.2, 0.25) is 5.91 Å². The lowest BCUT2D eigenvalue weighted by Gasteiger charge is -2.34. The van der Waals surface area contributed by atoms with Crippen molar-refractivity contribution in [1.29, 1.82) is 0 Å². The summed E-state index contributed by atoms with van der Waals surface area (Å²) in [5, 5.41) is 15.2. The predicted molar refractivity (Wildman–Crippen MR) is 139 cm³/mol. The highest BCUT2D eigenvalue weighted by molar-refractivity contribution is 6.01. The molecule has 0 fully saturated rings. The molecule has 0 saturated carbocycles. The Bertz CT molecular complexity index is 1160. The van der Waals surface area contributed by atoms with Crippen LogP contribution in [-0.2, 0) is 9.53 Å². The number of nitrogen functional groups attached to an aromatic ring is 1. The van der Waals surface area contributed by atoms with E-state index in [1.807, 2.05) is 32.0 Å². The second-order valence-corrected chi connectivity index (χ2v) is 8.87. The van der Waals surface area contributed by atoms with Crippen LogP contribution in [0, 0.1) is 5.41 Å². The number of phenols is 1. The number of para-hydroxylation sites is 3. The maximum atomic E-state index is 12.7. The van der Waals surface area contributed by atoms with E-state index in [0.29, 0.717) is 29.9 Å². The van der Waals surface area contributed by atoms with Gasteiger partial charge < -0.3 is 20.9 Å². The van der Waals surface area contributed by atoms with Gasteiger partial charge in [-0.25, -0.2) is 4.79 Å². The summed E-state index contributed by atoms with van der Waals surface area (Å²) in [6.07, 6.45) is 3.32. The summed E-state index contributed by atoms with van der Waals surface area (Å²) in [7, 11) is 0. The van der Waals surface area contributed by atoms with Crippen LogP contribution in [0.1, 0.15) is 38.4 Å². The first-order valence-electron chi connectivity index (χ1n) is 11.4. The van der Waals surface area contributed by atoms with E-state index in [1.165, 1.54) is 6.08 Å². The standard InChI is InChI=1S/C28H31N3O4/c1-28(2,19-9-8-14-25(33)31-24-13-7-6-12-23(24)29)26(20-15-17-22(32)18-16-20)35-27(34)30-21-10-4-3-5-11-21/h3-8,10-18,26,32H,9,19,29H2,1-2H3,(H,30,34)(H,31,33)/b14-8+/t26-/m0/s1. The number of anilines is 3. The van der Waals surface area contributed by atoms with Gasteiger partial charge in [-0.15, -0.1) is 0 Å². The molecule has 0 aliphatic carbocycles. The zero-order chi connectivity index (χ0) is 25.3. The number of hydrogen-bond donors (Lipinski definition) is 4. The number of allylic oxidation sites excluding steroid dienone is 1. The number of benzene rings is 3.